The smallest absolute Gasteiger partial charge is 0.0430 e. The summed E-state index contributed by atoms with van der Waals surface area (Å²) in [5, 5.41) is 8.07. The first-order chi connectivity index (χ1) is 10.2. The van der Waals surface area contributed by atoms with E-state index < -0.39 is 0 Å². The van der Waals surface area contributed by atoms with Gasteiger partial charge in [0.1, 0.15) is 0 Å². The lowest BCUT2D eigenvalue weighted by Crippen LogP contribution is -1.75. The Morgan fingerprint density at radius 3 is 0.714 bits per heavy atom. The Bertz CT molecular complexity index is 97.0. The predicted octanol–water partition coefficient (Wildman–Crippen LogP) is 7.51. The molecule has 1 heteroatoms. The Balaban J connectivity index is -0.000000239. The van der Waals surface area contributed by atoms with E-state index in [1.165, 1.54) is 77.0 Å². The summed E-state index contributed by atoms with van der Waals surface area (Å²) in [6.07, 6.45) is 19.0. The van der Waals surface area contributed by atoms with Gasteiger partial charge in [-0.2, -0.15) is 0 Å². The predicted molar refractivity (Wildman–Crippen MR) is 100 cm³/mol. The molecule has 0 amide bonds. The van der Waals surface area contributed by atoms with Crippen molar-refractivity contribution in [2.45, 2.75) is 125 Å². The molecular weight excluding hydrogens is 256 g/mol. The van der Waals surface area contributed by atoms with E-state index >= 15 is 0 Å². The fraction of sp³-hybridized carbons (Fsp3) is 1.00. The Morgan fingerprint density at radius 2 is 0.619 bits per heavy atom. The van der Waals surface area contributed by atoms with Gasteiger partial charge in [0.25, 0.3) is 0 Å². The topological polar surface area (TPSA) is 20.2 Å². The van der Waals surface area contributed by atoms with Crippen LogP contribution in [0, 0.1) is 0 Å². The van der Waals surface area contributed by atoms with E-state index in [0.29, 0.717) is 6.61 Å². The minimum atomic E-state index is 0.344. The fourth-order valence-electron chi connectivity index (χ4n) is 1.87. The molecule has 0 saturated carbocycles. The average molecular weight is 303 g/mol. The van der Waals surface area contributed by atoms with Crippen LogP contribution in [0.5, 0.6) is 0 Å². The molecule has 0 aromatic rings. The first-order valence-corrected chi connectivity index (χ1v) is 9.85. The van der Waals surface area contributed by atoms with Crippen molar-refractivity contribution in [3.63, 3.8) is 0 Å². The molecule has 0 unspecified atom stereocenters. The SMILES string of the molecule is CCCCCCCC.CCCCCCCC.CCCCO. The van der Waals surface area contributed by atoms with Crippen LogP contribution in [0.4, 0.5) is 0 Å². The van der Waals surface area contributed by atoms with Gasteiger partial charge in [-0.1, -0.05) is 118 Å². The number of unbranched alkanes of at least 4 members (excludes halogenated alkanes) is 11. The first-order valence-electron chi connectivity index (χ1n) is 9.85. The molecule has 132 valence electrons. The summed E-state index contributed by atoms with van der Waals surface area (Å²) in [5.74, 6) is 0. The third-order valence-corrected chi connectivity index (χ3v) is 3.43. The lowest BCUT2D eigenvalue weighted by atomic mass is 10.1. The van der Waals surface area contributed by atoms with Gasteiger partial charge in [0, 0.05) is 6.61 Å². The summed E-state index contributed by atoms with van der Waals surface area (Å²) in [4.78, 5) is 0. The van der Waals surface area contributed by atoms with Gasteiger partial charge >= 0.3 is 0 Å². The standard InChI is InChI=1S/2C8H18.C4H10O/c2*1-3-5-7-8-6-4-2;1-2-3-4-5/h2*3-8H2,1-2H3;5H,2-4H2,1H3. The molecule has 0 bridgehead atoms. The first kappa shape index (κ1) is 25.9. The van der Waals surface area contributed by atoms with E-state index in [2.05, 4.69) is 34.6 Å². The molecule has 0 aromatic heterocycles. The van der Waals surface area contributed by atoms with Crippen molar-refractivity contribution in [2.24, 2.45) is 0 Å². The Hall–Kier alpha value is -0.0400. The second kappa shape index (κ2) is 32.1. The maximum atomic E-state index is 8.07. The number of rotatable bonds is 12. The summed E-state index contributed by atoms with van der Waals surface area (Å²) < 4.78 is 0. The number of aliphatic hydroxyl groups excluding tert-OH is 1. The summed E-state index contributed by atoms with van der Waals surface area (Å²) in [5.41, 5.74) is 0. The Labute approximate surface area is 136 Å². The van der Waals surface area contributed by atoms with Gasteiger partial charge in [-0.15, -0.1) is 0 Å². The van der Waals surface area contributed by atoms with Crippen molar-refractivity contribution in [3.05, 3.63) is 0 Å². The van der Waals surface area contributed by atoms with Crippen molar-refractivity contribution in [2.75, 3.05) is 6.61 Å². The molecule has 0 fully saturated rings. The lowest BCUT2D eigenvalue weighted by molar-refractivity contribution is 0.287. The zero-order valence-corrected chi connectivity index (χ0v) is 16.1. The second-order valence-electron chi connectivity index (χ2n) is 5.91. The van der Waals surface area contributed by atoms with E-state index in [4.69, 9.17) is 5.11 Å². The zero-order valence-electron chi connectivity index (χ0n) is 16.1. The molecule has 1 nitrogen and oxygen atoms in total. The summed E-state index contributed by atoms with van der Waals surface area (Å²) >= 11 is 0. The van der Waals surface area contributed by atoms with Crippen molar-refractivity contribution in [1.82, 2.24) is 0 Å². The summed E-state index contributed by atoms with van der Waals surface area (Å²) in [7, 11) is 0. The van der Waals surface area contributed by atoms with Gasteiger partial charge in [0.05, 0.1) is 0 Å². The van der Waals surface area contributed by atoms with Gasteiger partial charge in [-0.25, -0.2) is 0 Å². The molecule has 0 aromatic carbocycles. The minimum Gasteiger partial charge on any atom is -0.396 e. The van der Waals surface area contributed by atoms with Crippen molar-refractivity contribution >= 4 is 0 Å². The summed E-state index contributed by atoms with van der Waals surface area (Å²) in [6, 6.07) is 0. The largest absolute Gasteiger partial charge is 0.396 e. The number of hydrogen-bond donors (Lipinski definition) is 1. The van der Waals surface area contributed by atoms with Crippen LogP contribution in [0.25, 0.3) is 0 Å². The highest BCUT2D eigenvalue weighted by Gasteiger charge is 1.84. The van der Waals surface area contributed by atoms with Crippen LogP contribution in [0.15, 0.2) is 0 Å². The molecule has 0 aliphatic rings. The minimum absolute atomic E-state index is 0.344. The van der Waals surface area contributed by atoms with Crippen LogP contribution in [0.1, 0.15) is 125 Å². The van der Waals surface area contributed by atoms with Crippen molar-refractivity contribution in [1.29, 1.82) is 0 Å². The molecule has 0 aliphatic heterocycles. The summed E-state index contributed by atoms with van der Waals surface area (Å²) in [6.45, 7) is 11.4. The van der Waals surface area contributed by atoms with E-state index in [1.54, 1.807) is 0 Å². The molecule has 0 atom stereocenters. The Kier molecular flexibility index (Phi) is 39.5. The highest BCUT2D eigenvalue weighted by molar-refractivity contribution is 4.39. The van der Waals surface area contributed by atoms with E-state index in [9.17, 15) is 0 Å². The molecule has 0 spiro atoms. The van der Waals surface area contributed by atoms with Gasteiger partial charge in [0.15, 0.2) is 0 Å². The molecule has 0 rings (SSSR count). The maximum absolute atomic E-state index is 8.07. The van der Waals surface area contributed by atoms with Crippen LogP contribution >= 0.6 is 0 Å². The van der Waals surface area contributed by atoms with Crippen LogP contribution in [-0.2, 0) is 0 Å². The van der Waals surface area contributed by atoms with Gasteiger partial charge in [-0.05, 0) is 6.42 Å². The highest BCUT2D eigenvalue weighted by Crippen LogP contribution is 2.04. The van der Waals surface area contributed by atoms with Gasteiger partial charge in [-0.3, -0.25) is 0 Å². The van der Waals surface area contributed by atoms with Crippen molar-refractivity contribution < 1.29 is 5.11 Å². The lowest BCUT2D eigenvalue weighted by Gasteiger charge is -1.93. The second-order valence-corrected chi connectivity index (χ2v) is 5.91. The van der Waals surface area contributed by atoms with Crippen LogP contribution in [0.3, 0.4) is 0 Å². The molecule has 0 radical (unpaired) electrons. The maximum Gasteiger partial charge on any atom is 0.0430 e. The molecule has 0 saturated heterocycles. The highest BCUT2D eigenvalue weighted by atomic mass is 16.2. The fourth-order valence-corrected chi connectivity index (χ4v) is 1.87. The van der Waals surface area contributed by atoms with Crippen LogP contribution < -0.4 is 0 Å². The number of hydrogen-bond acceptors (Lipinski definition) is 1. The van der Waals surface area contributed by atoms with Crippen LogP contribution in [0.2, 0.25) is 0 Å². The zero-order chi connectivity index (χ0) is 16.6. The molecule has 21 heavy (non-hydrogen) atoms. The van der Waals surface area contributed by atoms with Gasteiger partial charge in [0.2, 0.25) is 0 Å². The third kappa shape index (κ3) is 45.0. The molecule has 1 N–H and O–H groups in total. The number of aliphatic hydroxyl groups is 1. The van der Waals surface area contributed by atoms with E-state index in [1.807, 2.05) is 0 Å². The Morgan fingerprint density at radius 1 is 0.381 bits per heavy atom. The molecule has 0 heterocycles. The van der Waals surface area contributed by atoms with Crippen molar-refractivity contribution in [3.8, 4) is 0 Å². The quantitative estimate of drug-likeness (QED) is 0.370. The van der Waals surface area contributed by atoms with Gasteiger partial charge < -0.3 is 5.11 Å². The van der Waals surface area contributed by atoms with E-state index in [0.717, 1.165) is 12.8 Å². The van der Waals surface area contributed by atoms with E-state index in [-0.39, 0.29) is 0 Å². The molecule has 0 aliphatic carbocycles. The van der Waals surface area contributed by atoms with Crippen LogP contribution in [-0.4, -0.2) is 11.7 Å². The monoisotopic (exact) mass is 302 g/mol. The molecular formula is C20H46O. The normalized spacial score (nSPS) is 9.43. The average Bonchev–Trinajstić information content (AvgIpc) is 2.50. The third-order valence-electron chi connectivity index (χ3n) is 3.43.